The lowest BCUT2D eigenvalue weighted by molar-refractivity contribution is 0.0929. The third kappa shape index (κ3) is 3.56. The van der Waals surface area contributed by atoms with Crippen molar-refractivity contribution in [3.8, 4) is 5.75 Å². The molecule has 0 saturated heterocycles. The van der Waals surface area contributed by atoms with Gasteiger partial charge in [0.25, 0.3) is 0 Å². The molecule has 0 unspecified atom stereocenters. The molecule has 0 aliphatic heterocycles. The van der Waals surface area contributed by atoms with Gasteiger partial charge in [0.1, 0.15) is 11.3 Å². The normalized spacial score (nSPS) is 11.2. The van der Waals surface area contributed by atoms with Crippen LogP contribution < -0.4 is 5.43 Å². The Morgan fingerprint density at radius 1 is 1.30 bits per heavy atom. The van der Waals surface area contributed by atoms with Gasteiger partial charge in [-0.2, -0.15) is 5.10 Å². The highest BCUT2D eigenvalue weighted by Gasteiger charge is 2.11. The molecule has 1 heterocycles. The number of carbonyl (C=O) groups is 1. The Kier molecular flexibility index (Phi) is 4.67. The van der Waals surface area contributed by atoms with Crippen molar-refractivity contribution in [1.82, 2.24) is 5.43 Å². The molecule has 0 aliphatic rings. The summed E-state index contributed by atoms with van der Waals surface area (Å²) >= 11 is 5.36. The molecule has 2 aromatic carbocycles. The average molecular weight is 485 g/mol. The maximum atomic E-state index is 12.0. The SMILES string of the molecule is O=C(N/N=C\c1cc(Br)cc(I)c1O)c1cc2ccccc2o1. The third-order valence-corrected chi connectivity index (χ3v) is 4.36. The van der Waals surface area contributed by atoms with Crippen molar-refractivity contribution < 1.29 is 14.3 Å². The van der Waals surface area contributed by atoms with Crippen LogP contribution in [0, 0.1) is 3.57 Å². The van der Waals surface area contributed by atoms with Crippen molar-refractivity contribution in [1.29, 1.82) is 0 Å². The molecule has 0 fully saturated rings. The predicted octanol–water partition coefficient (Wildman–Crippen LogP) is 4.27. The first-order valence-corrected chi connectivity index (χ1v) is 8.42. The first kappa shape index (κ1) is 16.0. The monoisotopic (exact) mass is 484 g/mol. The summed E-state index contributed by atoms with van der Waals surface area (Å²) < 4.78 is 6.94. The molecular formula is C16H10BrIN2O3. The number of halogens is 2. The van der Waals surface area contributed by atoms with E-state index in [0.29, 0.717) is 14.7 Å². The molecule has 1 aromatic heterocycles. The molecule has 2 N–H and O–H groups in total. The topological polar surface area (TPSA) is 74.8 Å². The fourth-order valence-electron chi connectivity index (χ4n) is 1.99. The van der Waals surface area contributed by atoms with Crippen molar-refractivity contribution in [2.75, 3.05) is 0 Å². The lowest BCUT2D eigenvalue weighted by Gasteiger charge is -2.02. The van der Waals surface area contributed by atoms with Crippen LogP contribution in [0.3, 0.4) is 0 Å². The molecule has 0 radical (unpaired) electrons. The van der Waals surface area contributed by atoms with Crippen molar-refractivity contribution in [2.45, 2.75) is 0 Å². The van der Waals surface area contributed by atoms with Crippen molar-refractivity contribution in [2.24, 2.45) is 5.10 Å². The smallest absolute Gasteiger partial charge is 0.307 e. The summed E-state index contributed by atoms with van der Waals surface area (Å²) in [7, 11) is 0. The fourth-order valence-corrected chi connectivity index (χ4v) is 3.54. The van der Waals surface area contributed by atoms with E-state index in [0.717, 1.165) is 9.86 Å². The number of amides is 1. The summed E-state index contributed by atoms with van der Waals surface area (Å²) in [6, 6.07) is 12.5. The van der Waals surface area contributed by atoms with E-state index in [-0.39, 0.29) is 11.5 Å². The molecule has 1 amide bonds. The van der Waals surface area contributed by atoms with Gasteiger partial charge in [-0.1, -0.05) is 34.1 Å². The zero-order valence-electron chi connectivity index (χ0n) is 11.6. The number of nitrogens with one attached hydrogen (secondary N) is 1. The quantitative estimate of drug-likeness (QED) is 0.331. The summed E-state index contributed by atoms with van der Waals surface area (Å²) in [4.78, 5) is 12.0. The summed E-state index contributed by atoms with van der Waals surface area (Å²) in [5, 5.41) is 14.7. The first-order chi connectivity index (χ1) is 11.0. The number of rotatable bonds is 3. The molecule has 0 aliphatic carbocycles. The van der Waals surface area contributed by atoms with Gasteiger partial charge in [0.15, 0.2) is 5.76 Å². The number of para-hydroxylation sites is 1. The van der Waals surface area contributed by atoms with Crippen LogP contribution in [0.2, 0.25) is 0 Å². The number of phenolic OH excluding ortho intramolecular Hbond substituents is 1. The summed E-state index contributed by atoms with van der Waals surface area (Å²) in [6.45, 7) is 0. The largest absolute Gasteiger partial charge is 0.506 e. The van der Waals surface area contributed by atoms with E-state index in [1.807, 2.05) is 40.8 Å². The number of nitrogens with zero attached hydrogens (tertiary/aromatic N) is 1. The molecule has 3 aromatic rings. The van der Waals surface area contributed by atoms with Gasteiger partial charge < -0.3 is 9.52 Å². The van der Waals surface area contributed by atoms with E-state index in [4.69, 9.17) is 4.42 Å². The summed E-state index contributed by atoms with van der Waals surface area (Å²) in [5.41, 5.74) is 3.52. The first-order valence-electron chi connectivity index (χ1n) is 6.54. The maximum Gasteiger partial charge on any atom is 0.307 e. The molecule has 3 rings (SSSR count). The Morgan fingerprint density at radius 2 is 2.09 bits per heavy atom. The van der Waals surface area contributed by atoms with Gasteiger partial charge in [-0.05, 0) is 46.9 Å². The number of fused-ring (bicyclic) bond motifs is 1. The number of carbonyl (C=O) groups excluding carboxylic acids is 1. The van der Waals surface area contributed by atoms with Gasteiger partial charge in [-0.15, -0.1) is 0 Å². The van der Waals surface area contributed by atoms with Crippen LogP contribution in [-0.2, 0) is 0 Å². The molecule has 0 saturated carbocycles. The van der Waals surface area contributed by atoms with Crippen LogP contribution in [0.4, 0.5) is 0 Å². The Balaban J connectivity index is 1.76. The Labute approximate surface area is 153 Å². The minimum Gasteiger partial charge on any atom is -0.506 e. The second-order valence-corrected chi connectivity index (χ2v) is 6.75. The average Bonchev–Trinajstić information content (AvgIpc) is 2.96. The number of hydrogen-bond acceptors (Lipinski definition) is 4. The number of hydrazone groups is 1. The fraction of sp³-hybridized carbons (Fsp3) is 0. The molecule has 0 bridgehead atoms. The standard InChI is InChI=1S/C16H10BrIN2O3/c17-11-5-10(15(21)12(18)7-11)8-19-20-16(22)14-6-9-3-1-2-4-13(9)23-14/h1-8,21H,(H,20,22)/b19-8-. The second-order valence-electron chi connectivity index (χ2n) is 4.67. The van der Waals surface area contributed by atoms with Crippen LogP contribution >= 0.6 is 38.5 Å². The highest BCUT2D eigenvalue weighted by molar-refractivity contribution is 14.1. The van der Waals surface area contributed by atoms with Crippen molar-refractivity contribution in [3.05, 3.63) is 61.8 Å². The lowest BCUT2D eigenvalue weighted by atomic mass is 10.2. The lowest BCUT2D eigenvalue weighted by Crippen LogP contribution is -2.16. The van der Waals surface area contributed by atoms with Crippen molar-refractivity contribution >= 4 is 61.6 Å². The van der Waals surface area contributed by atoms with E-state index < -0.39 is 5.91 Å². The molecule has 23 heavy (non-hydrogen) atoms. The number of aromatic hydroxyl groups is 1. The van der Waals surface area contributed by atoms with Crippen LogP contribution in [0.5, 0.6) is 5.75 Å². The van der Waals surface area contributed by atoms with Gasteiger partial charge in [-0.25, -0.2) is 5.43 Å². The van der Waals surface area contributed by atoms with Gasteiger partial charge in [0, 0.05) is 15.4 Å². The highest BCUT2D eigenvalue weighted by atomic mass is 127. The van der Waals surface area contributed by atoms with E-state index in [1.54, 1.807) is 24.3 Å². The molecule has 7 heteroatoms. The van der Waals surface area contributed by atoms with Gasteiger partial charge in [0.05, 0.1) is 9.78 Å². The summed E-state index contributed by atoms with van der Waals surface area (Å²) in [5.74, 6) is -0.173. The molecular weight excluding hydrogens is 475 g/mol. The Bertz CT molecular complexity index is 888. The summed E-state index contributed by atoms with van der Waals surface area (Å²) in [6.07, 6.45) is 1.38. The van der Waals surface area contributed by atoms with Gasteiger partial charge >= 0.3 is 5.91 Å². The minimum atomic E-state index is -0.457. The van der Waals surface area contributed by atoms with Gasteiger partial charge in [0.2, 0.25) is 0 Å². The molecule has 116 valence electrons. The van der Waals surface area contributed by atoms with Crippen LogP contribution in [0.1, 0.15) is 16.1 Å². The highest BCUT2D eigenvalue weighted by Crippen LogP contribution is 2.27. The van der Waals surface area contributed by atoms with Crippen LogP contribution in [0.25, 0.3) is 11.0 Å². The predicted molar refractivity (Wildman–Crippen MR) is 99.8 cm³/mol. The van der Waals surface area contributed by atoms with E-state index in [9.17, 15) is 9.90 Å². The number of benzene rings is 2. The van der Waals surface area contributed by atoms with Crippen LogP contribution in [0.15, 0.2) is 56.5 Å². The van der Waals surface area contributed by atoms with Crippen LogP contribution in [-0.4, -0.2) is 17.2 Å². The van der Waals surface area contributed by atoms with Gasteiger partial charge in [-0.3, -0.25) is 4.79 Å². The van der Waals surface area contributed by atoms with E-state index in [1.165, 1.54) is 6.21 Å². The third-order valence-electron chi connectivity index (χ3n) is 3.08. The Hall–Kier alpha value is -1.87. The molecule has 0 spiro atoms. The molecule has 5 nitrogen and oxygen atoms in total. The van der Waals surface area contributed by atoms with Crippen molar-refractivity contribution in [3.63, 3.8) is 0 Å². The second kappa shape index (κ2) is 6.71. The maximum absolute atomic E-state index is 12.0. The zero-order chi connectivity index (χ0) is 16.4. The molecule has 0 atom stereocenters. The number of phenols is 1. The number of hydrogen-bond donors (Lipinski definition) is 2. The number of furan rings is 1. The van der Waals surface area contributed by atoms with E-state index in [2.05, 4.69) is 26.5 Å². The minimum absolute atomic E-state index is 0.107. The van der Waals surface area contributed by atoms with E-state index >= 15 is 0 Å². The zero-order valence-corrected chi connectivity index (χ0v) is 15.3. The Morgan fingerprint density at radius 3 is 2.87 bits per heavy atom.